The highest BCUT2D eigenvalue weighted by Gasteiger charge is 2.07. The Morgan fingerprint density at radius 3 is 2.75 bits per heavy atom. The third-order valence-electron chi connectivity index (χ3n) is 2.54. The van der Waals surface area contributed by atoms with Crippen molar-refractivity contribution in [3.8, 4) is 0 Å². The number of benzene rings is 1. The molecule has 0 spiro atoms. The van der Waals surface area contributed by atoms with Crippen molar-refractivity contribution in [2.75, 3.05) is 11.9 Å². The lowest BCUT2D eigenvalue weighted by atomic mass is 10.3. The molecule has 1 aromatic carbocycles. The number of nitrogens with zero attached hydrogens (tertiary/aromatic N) is 1. The summed E-state index contributed by atoms with van der Waals surface area (Å²) in [6, 6.07) is 10.7. The van der Waals surface area contributed by atoms with Crippen LogP contribution in [0.2, 0.25) is 10.0 Å². The molecule has 20 heavy (non-hydrogen) atoms. The molecule has 0 unspecified atom stereocenters. The van der Waals surface area contributed by atoms with E-state index in [4.69, 9.17) is 23.2 Å². The highest BCUT2D eigenvalue weighted by molar-refractivity contribution is 6.43. The molecule has 104 valence electrons. The number of hydrogen-bond donors (Lipinski definition) is 2. The number of halogens is 2. The maximum atomic E-state index is 11.8. The van der Waals surface area contributed by atoms with Crippen LogP contribution < -0.4 is 10.6 Å². The van der Waals surface area contributed by atoms with E-state index in [9.17, 15) is 4.79 Å². The second-order valence-electron chi connectivity index (χ2n) is 4.07. The summed E-state index contributed by atoms with van der Waals surface area (Å²) in [5, 5.41) is 6.45. The number of nitrogens with one attached hydrogen (secondary N) is 2. The van der Waals surface area contributed by atoms with Crippen LogP contribution in [0.3, 0.4) is 0 Å². The molecule has 0 aliphatic rings. The van der Waals surface area contributed by atoms with Crippen LogP contribution in [0.4, 0.5) is 5.69 Å². The quantitative estimate of drug-likeness (QED) is 0.892. The van der Waals surface area contributed by atoms with Gasteiger partial charge in [-0.25, -0.2) is 0 Å². The van der Waals surface area contributed by atoms with Crippen LogP contribution in [0.25, 0.3) is 0 Å². The molecular weight excluding hydrogens is 297 g/mol. The molecular formula is C14H13Cl2N3O. The van der Waals surface area contributed by atoms with Crippen LogP contribution in [0.15, 0.2) is 42.6 Å². The van der Waals surface area contributed by atoms with Gasteiger partial charge in [0.05, 0.1) is 28.0 Å². The average Bonchev–Trinajstić information content (AvgIpc) is 2.45. The first-order valence-electron chi connectivity index (χ1n) is 6.01. The Morgan fingerprint density at radius 2 is 2.00 bits per heavy atom. The molecule has 0 aliphatic carbocycles. The predicted molar refractivity (Wildman–Crippen MR) is 81.0 cm³/mol. The van der Waals surface area contributed by atoms with E-state index in [-0.39, 0.29) is 12.5 Å². The Morgan fingerprint density at radius 1 is 1.15 bits per heavy atom. The van der Waals surface area contributed by atoms with Crippen LogP contribution in [0, 0.1) is 0 Å². The van der Waals surface area contributed by atoms with E-state index in [1.807, 2.05) is 18.2 Å². The molecule has 0 atom stereocenters. The Labute approximate surface area is 127 Å². The Kier molecular flexibility index (Phi) is 5.35. The molecule has 2 rings (SSSR count). The zero-order valence-corrected chi connectivity index (χ0v) is 12.1. The van der Waals surface area contributed by atoms with E-state index in [1.54, 1.807) is 24.4 Å². The maximum absolute atomic E-state index is 11.8. The summed E-state index contributed by atoms with van der Waals surface area (Å²) in [6.45, 7) is 0.691. The van der Waals surface area contributed by atoms with Crippen molar-refractivity contribution in [3.05, 3.63) is 58.3 Å². The van der Waals surface area contributed by atoms with Gasteiger partial charge >= 0.3 is 0 Å². The van der Waals surface area contributed by atoms with Crippen molar-refractivity contribution in [2.45, 2.75) is 6.54 Å². The van der Waals surface area contributed by atoms with Gasteiger partial charge in [-0.05, 0) is 24.3 Å². The number of aromatic nitrogens is 1. The van der Waals surface area contributed by atoms with Gasteiger partial charge in [-0.3, -0.25) is 9.78 Å². The van der Waals surface area contributed by atoms with Gasteiger partial charge in [0.25, 0.3) is 0 Å². The minimum atomic E-state index is -0.190. The third kappa shape index (κ3) is 4.20. The van der Waals surface area contributed by atoms with E-state index in [0.717, 1.165) is 5.69 Å². The highest BCUT2D eigenvalue weighted by atomic mass is 35.5. The first-order chi connectivity index (χ1) is 9.66. The van der Waals surface area contributed by atoms with Gasteiger partial charge in [0.2, 0.25) is 5.91 Å². The van der Waals surface area contributed by atoms with Crippen LogP contribution >= 0.6 is 23.2 Å². The summed E-state index contributed by atoms with van der Waals surface area (Å²) in [6.07, 6.45) is 1.71. The zero-order chi connectivity index (χ0) is 14.4. The average molecular weight is 310 g/mol. The van der Waals surface area contributed by atoms with Crippen LogP contribution in [0.5, 0.6) is 0 Å². The van der Waals surface area contributed by atoms with E-state index < -0.39 is 0 Å². The van der Waals surface area contributed by atoms with Crippen molar-refractivity contribution in [1.82, 2.24) is 10.3 Å². The van der Waals surface area contributed by atoms with Gasteiger partial charge < -0.3 is 10.6 Å². The largest absolute Gasteiger partial charge is 0.324 e. The first-order valence-corrected chi connectivity index (χ1v) is 6.77. The topological polar surface area (TPSA) is 54.0 Å². The van der Waals surface area contributed by atoms with Crippen molar-refractivity contribution < 1.29 is 4.79 Å². The van der Waals surface area contributed by atoms with Crippen molar-refractivity contribution in [1.29, 1.82) is 0 Å². The van der Waals surface area contributed by atoms with Crippen molar-refractivity contribution in [2.24, 2.45) is 0 Å². The fourth-order valence-corrected chi connectivity index (χ4v) is 1.95. The van der Waals surface area contributed by atoms with Gasteiger partial charge in [0.1, 0.15) is 0 Å². The van der Waals surface area contributed by atoms with Crippen LogP contribution in [-0.4, -0.2) is 17.4 Å². The fraction of sp³-hybridized carbons (Fsp3) is 0.143. The monoisotopic (exact) mass is 309 g/mol. The summed E-state index contributed by atoms with van der Waals surface area (Å²) >= 11 is 11.9. The van der Waals surface area contributed by atoms with Crippen LogP contribution in [-0.2, 0) is 11.3 Å². The zero-order valence-electron chi connectivity index (χ0n) is 10.6. The van der Waals surface area contributed by atoms with Gasteiger partial charge in [0, 0.05) is 12.7 Å². The van der Waals surface area contributed by atoms with E-state index in [1.165, 1.54) is 0 Å². The number of rotatable bonds is 5. The van der Waals surface area contributed by atoms with Crippen LogP contribution in [0.1, 0.15) is 5.69 Å². The number of carbonyl (C=O) groups excluding carboxylic acids is 1. The Balaban J connectivity index is 1.82. The summed E-state index contributed by atoms with van der Waals surface area (Å²) in [5.74, 6) is -0.190. The second-order valence-corrected chi connectivity index (χ2v) is 4.86. The second kappa shape index (κ2) is 7.24. The van der Waals surface area contributed by atoms with E-state index in [2.05, 4.69) is 15.6 Å². The highest BCUT2D eigenvalue weighted by Crippen LogP contribution is 2.29. The number of pyridine rings is 1. The molecule has 4 nitrogen and oxygen atoms in total. The lowest BCUT2D eigenvalue weighted by molar-refractivity contribution is -0.115. The molecule has 1 aromatic heterocycles. The maximum Gasteiger partial charge on any atom is 0.238 e. The van der Waals surface area contributed by atoms with Gasteiger partial charge in [-0.15, -0.1) is 0 Å². The lowest BCUT2D eigenvalue weighted by Crippen LogP contribution is -2.28. The lowest BCUT2D eigenvalue weighted by Gasteiger charge is -2.08. The molecule has 0 saturated heterocycles. The number of amides is 1. The molecule has 0 fully saturated rings. The standard InChI is InChI=1S/C14H13Cl2N3O/c15-11-5-3-6-12(14(11)16)19-13(20)9-17-8-10-4-1-2-7-18-10/h1-7,17H,8-9H2,(H,19,20). The Hall–Kier alpha value is -1.62. The first kappa shape index (κ1) is 14.8. The predicted octanol–water partition coefficient (Wildman–Crippen LogP) is 3.12. The summed E-state index contributed by atoms with van der Waals surface area (Å²) in [7, 11) is 0. The smallest absolute Gasteiger partial charge is 0.238 e. The third-order valence-corrected chi connectivity index (χ3v) is 3.36. The molecule has 1 heterocycles. The summed E-state index contributed by atoms with van der Waals surface area (Å²) in [4.78, 5) is 15.9. The van der Waals surface area contributed by atoms with E-state index >= 15 is 0 Å². The summed E-state index contributed by atoms with van der Waals surface area (Å²) in [5.41, 5.74) is 1.38. The number of carbonyl (C=O) groups is 1. The van der Waals surface area contributed by atoms with Gasteiger partial charge in [0.15, 0.2) is 0 Å². The molecule has 0 radical (unpaired) electrons. The number of hydrogen-bond acceptors (Lipinski definition) is 3. The molecule has 1 amide bonds. The fourth-order valence-electron chi connectivity index (χ4n) is 1.60. The minimum absolute atomic E-state index is 0.166. The number of anilines is 1. The van der Waals surface area contributed by atoms with E-state index in [0.29, 0.717) is 22.3 Å². The van der Waals surface area contributed by atoms with Gasteiger partial charge in [-0.1, -0.05) is 35.3 Å². The molecule has 6 heteroatoms. The molecule has 0 saturated carbocycles. The molecule has 0 bridgehead atoms. The minimum Gasteiger partial charge on any atom is -0.324 e. The normalized spacial score (nSPS) is 10.3. The van der Waals surface area contributed by atoms with Crippen molar-refractivity contribution >= 4 is 34.8 Å². The SMILES string of the molecule is O=C(CNCc1ccccn1)Nc1cccc(Cl)c1Cl. The molecule has 0 aliphatic heterocycles. The molecule has 2 N–H and O–H groups in total. The summed E-state index contributed by atoms with van der Waals surface area (Å²) < 4.78 is 0. The van der Waals surface area contributed by atoms with Gasteiger partial charge in [-0.2, -0.15) is 0 Å². The van der Waals surface area contributed by atoms with Crippen molar-refractivity contribution in [3.63, 3.8) is 0 Å². The molecule has 2 aromatic rings. The Bertz CT molecular complexity index is 590.